The summed E-state index contributed by atoms with van der Waals surface area (Å²) in [4.78, 5) is 0. The van der Waals surface area contributed by atoms with Crippen molar-refractivity contribution in [3.05, 3.63) is 12.2 Å². The third-order valence-electron chi connectivity index (χ3n) is 4.81. The zero-order valence-electron chi connectivity index (χ0n) is 16.1. The van der Waals surface area contributed by atoms with Crippen LogP contribution < -0.4 is 11.5 Å². The minimum Gasteiger partial charge on any atom is -0.314 e. The molecule has 4 N–H and O–H groups in total. The molecule has 0 aromatic carbocycles. The number of unbranched alkanes of at least 4 members (excludes halogenated alkanes) is 12. The van der Waals surface area contributed by atoms with Crippen LogP contribution in [0.1, 0.15) is 117 Å². The zero-order chi connectivity index (χ0) is 17.2. The first-order valence-corrected chi connectivity index (χ1v) is 10.3. The fraction of sp³-hybridized carbons (Fsp3) is 0.905. The summed E-state index contributed by atoms with van der Waals surface area (Å²) in [6.07, 6.45) is 25.4. The summed E-state index contributed by atoms with van der Waals surface area (Å²) in [5.74, 6) is 0. The van der Waals surface area contributed by atoms with Gasteiger partial charge in [0.15, 0.2) is 0 Å². The fourth-order valence-electron chi connectivity index (χ4n) is 2.88. The third-order valence-corrected chi connectivity index (χ3v) is 4.81. The van der Waals surface area contributed by atoms with Crippen molar-refractivity contribution in [2.24, 2.45) is 11.5 Å². The monoisotopic (exact) mass is 324 g/mol. The van der Waals surface area contributed by atoms with E-state index < -0.39 is 5.66 Å². The Bertz CT molecular complexity index is 259. The molecule has 0 aliphatic heterocycles. The molecule has 0 radical (unpaired) electrons. The first-order chi connectivity index (χ1) is 11.1. The van der Waals surface area contributed by atoms with Crippen LogP contribution in [0.3, 0.4) is 0 Å². The predicted octanol–water partition coefficient (Wildman–Crippen LogP) is 6.44. The van der Waals surface area contributed by atoms with E-state index in [0.29, 0.717) is 0 Å². The molecular weight excluding hydrogens is 280 g/mol. The summed E-state index contributed by atoms with van der Waals surface area (Å²) >= 11 is 0. The molecule has 0 amide bonds. The predicted molar refractivity (Wildman–Crippen MR) is 105 cm³/mol. The molecule has 138 valence electrons. The van der Waals surface area contributed by atoms with Crippen molar-refractivity contribution in [2.75, 3.05) is 0 Å². The lowest BCUT2D eigenvalue weighted by molar-refractivity contribution is 0.374. The molecule has 0 atom stereocenters. The number of nitrogens with two attached hydrogens (primary N) is 2. The highest BCUT2D eigenvalue weighted by Gasteiger charge is 2.14. The first-order valence-electron chi connectivity index (χ1n) is 10.3. The second-order valence-corrected chi connectivity index (χ2v) is 7.27. The molecule has 0 unspecified atom stereocenters. The van der Waals surface area contributed by atoms with E-state index in [4.69, 9.17) is 11.5 Å². The van der Waals surface area contributed by atoms with Crippen molar-refractivity contribution in [3.63, 3.8) is 0 Å². The maximum absolute atomic E-state index is 5.95. The lowest BCUT2D eigenvalue weighted by Crippen LogP contribution is -2.48. The van der Waals surface area contributed by atoms with Crippen molar-refractivity contribution < 1.29 is 0 Å². The molecule has 0 fully saturated rings. The Morgan fingerprint density at radius 2 is 1.04 bits per heavy atom. The smallest absolute Gasteiger partial charge is 0.0633 e. The molecule has 0 aliphatic carbocycles. The normalized spacial score (nSPS) is 12.3. The van der Waals surface area contributed by atoms with Crippen LogP contribution in [0.25, 0.3) is 0 Å². The van der Waals surface area contributed by atoms with Crippen LogP contribution in [0, 0.1) is 0 Å². The molecule has 0 aliphatic rings. The Labute approximate surface area is 146 Å². The summed E-state index contributed by atoms with van der Waals surface area (Å²) in [5.41, 5.74) is 11.5. The van der Waals surface area contributed by atoms with Crippen molar-refractivity contribution in [1.82, 2.24) is 0 Å². The Morgan fingerprint density at radius 3 is 1.52 bits per heavy atom. The zero-order valence-corrected chi connectivity index (χ0v) is 16.1. The molecule has 0 spiro atoms. The fourth-order valence-corrected chi connectivity index (χ4v) is 2.88. The highest BCUT2D eigenvalue weighted by molar-refractivity contribution is 4.81. The molecule has 0 bridgehead atoms. The van der Waals surface area contributed by atoms with E-state index in [-0.39, 0.29) is 0 Å². The van der Waals surface area contributed by atoms with Crippen LogP contribution in [0.15, 0.2) is 12.2 Å². The molecule has 0 aromatic rings. The van der Waals surface area contributed by atoms with Crippen LogP contribution in [0.5, 0.6) is 0 Å². The quantitative estimate of drug-likeness (QED) is 0.184. The SMILES string of the molecule is CCCCCCCCC=CCCCCCCCCC(N)(N)CC. The van der Waals surface area contributed by atoms with Gasteiger partial charge in [-0.15, -0.1) is 0 Å². The van der Waals surface area contributed by atoms with E-state index in [9.17, 15) is 0 Å². The van der Waals surface area contributed by atoms with Gasteiger partial charge >= 0.3 is 0 Å². The van der Waals surface area contributed by atoms with Gasteiger partial charge in [-0.2, -0.15) is 0 Å². The summed E-state index contributed by atoms with van der Waals surface area (Å²) in [5, 5.41) is 0. The number of rotatable bonds is 17. The van der Waals surface area contributed by atoms with Crippen LogP contribution in [0.4, 0.5) is 0 Å². The topological polar surface area (TPSA) is 52.0 Å². The van der Waals surface area contributed by atoms with Crippen LogP contribution in [-0.2, 0) is 0 Å². The van der Waals surface area contributed by atoms with Gasteiger partial charge in [-0.1, -0.05) is 90.2 Å². The van der Waals surface area contributed by atoms with Gasteiger partial charge in [0.1, 0.15) is 0 Å². The Hall–Kier alpha value is -0.340. The first kappa shape index (κ1) is 22.7. The maximum atomic E-state index is 5.95. The van der Waals surface area contributed by atoms with Crippen molar-refractivity contribution in [2.45, 2.75) is 122 Å². The number of hydrogen-bond donors (Lipinski definition) is 2. The molecule has 0 heterocycles. The standard InChI is InChI=1S/C21H44N2/c1-3-5-6-7-8-9-10-11-12-13-14-15-16-17-18-19-20-21(22,23)4-2/h11-12H,3-10,13-20,22-23H2,1-2H3. The summed E-state index contributed by atoms with van der Waals surface area (Å²) < 4.78 is 0. The Kier molecular flexibility index (Phi) is 16.3. The average Bonchev–Trinajstić information content (AvgIpc) is 2.54. The molecule has 0 rings (SSSR count). The summed E-state index contributed by atoms with van der Waals surface area (Å²) in [7, 11) is 0. The van der Waals surface area contributed by atoms with Gasteiger partial charge in [-0.05, 0) is 38.5 Å². The van der Waals surface area contributed by atoms with Crippen molar-refractivity contribution >= 4 is 0 Å². The van der Waals surface area contributed by atoms with E-state index in [1.165, 1.54) is 89.9 Å². The molecule has 2 nitrogen and oxygen atoms in total. The largest absolute Gasteiger partial charge is 0.314 e. The van der Waals surface area contributed by atoms with E-state index in [2.05, 4.69) is 26.0 Å². The highest BCUT2D eigenvalue weighted by Crippen LogP contribution is 2.13. The Balaban J connectivity index is 3.16. The van der Waals surface area contributed by atoms with E-state index in [0.717, 1.165) is 12.8 Å². The Morgan fingerprint density at radius 1 is 0.609 bits per heavy atom. The lowest BCUT2D eigenvalue weighted by atomic mass is 10.00. The van der Waals surface area contributed by atoms with Gasteiger partial charge in [-0.25, -0.2) is 0 Å². The van der Waals surface area contributed by atoms with Crippen LogP contribution in [-0.4, -0.2) is 5.66 Å². The lowest BCUT2D eigenvalue weighted by Gasteiger charge is -2.22. The van der Waals surface area contributed by atoms with Gasteiger partial charge in [-0.3, -0.25) is 0 Å². The molecule has 0 saturated heterocycles. The summed E-state index contributed by atoms with van der Waals surface area (Å²) in [6, 6.07) is 0. The summed E-state index contributed by atoms with van der Waals surface area (Å²) in [6.45, 7) is 4.35. The van der Waals surface area contributed by atoms with E-state index in [1.54, 1.807) is 0 Å². The molecule has 2 heteroatoms. The van der Waals surface area contributed by atoms with Gasteiger partial charge in [0.25, 0.3) is 0 Å². The molecule has 0 aromatic heterocycles. The third kappa shape index (κ3) is 17.8. The van der Waals surface area contributed by atoms with Crippen molar-refractivity contribution in [1.29, 1.82) is 0 Å². The molecule has 23 heavy (non-hydrogen) atoms. The van der Waals surface area contributed by atoms with Crippen LogP contribution in [0.2, 0.25) is 0 Å². The van der Waals surface area contributed by atoms with Crippen molar-refractivity contribution in [3.8, 4) is 0 Å². The second-order valence-electron chi connectivity index (χ2n) is 7.27. The van der Waals surface area contributed by atoms with Gasteiger partial charge < -0.3 is 11.5 Å². The van der Waals surface area contributed by atoms with Gasteiger partial charge in [0.2, 0.25) is 0 Å². The second kappa shape index (κ2) is 16.5. The minimum atomic E-state index is -0.430. The van der Waals surface area contributed by atoms with Gasteiger partial charge in [0, 0.05) is 0 Å². The van der Waals surface area contributed by atoms with Gasteiger partial charge in [0.05, 0.1) is 5.66 Å². The van der Waals surface area contributed by atoms with E-state index in [1.807, 2.05) is 0 Å². The number of hydrogen-bond acceptors (Lipinski definition) is 2. The average molecular weight is 325 g/mol. The highest BCUT2D eigenvalue weighted by atomic mass is 14.9. The molecular formula is C21H44N2. The van der Waals surface area contributed by atoms with E-state index >= 15 is 0 Å². The maximum Gasteiger partial charge on any atom is 0.0633 e. The number of allylic oxidation sites excluding steroid dienone is 2. The molecule has 0 saturated carbocycles. The van der Waals surface area contributed by atoms with Crippen LogP contribution >= 0.6 is 0 Å². The minimum absolute atomic E-state index is 0.430.